The van der Waals surface area contributed by atoms with E-state index in [1.54, 1.807) is 0 Å². The first-order valence-electron chi connectivity index (χ1n) is 7.11. The number of carbonyl (C=O) groups is 1. The molecule has 0 saturated carbocycles. The first-order chi connectivity index (χ1) is 8.79. The molecule has 0 spiro atoms. The summed E-state index contributed by atoms with van der Waals surface area (Å²) in [6.45, 7) is 11.7. The Morgan fingerprint density at radius 2 is 2.05 bits per heavy atom. The van der Waals surface area contributed by atoms with Crippen LogP contribution in [0, 0.1) is 19.3 Å². The van der Waals surface area contributed by atoms with Crippen molar-refractivity contribution in [3.63, 3.8) is 0 Å². The maximum Gasteiger partial charge on any atom is 0.228 e. The van der Waals surface area contributed by atoms with Crippen LogP contribution in [0.25, 0.3) is 0 Å². The van der Waals surface area contributed by atoms with Crippen molar-refractivity contribution in [2.45, 2.75) is 53.5 Å². The van der Waals surface area contributed by atoms with Crippen LogP contribution >= 0.6 is 0 Å². The van der Waals surface area contributed by atoms with Gasteiger partial charge >= 0.3 is 0 Å². The lowest BCUT2D eigenvalue weighted by Crippen LogP contribution is -2.45. The fourth-order valence-electron chi connectivity index (χ4n) is 2.83. The maximum atomic E-state index is 12.4. The van der Waals surface area contributed by atoms with E-state index < -0.39 is 0 Å². The summed E-state index contributed by atoms with van der Waals surface area (Å²) in [6.07, 6.45) is 2.17. The van der Waals surface area contributed by atoms with Gasteiger partial charge in [-0.2, -0.15) is 5.10 Å². The van der Waals surface area contributed by atoms with Crippen molar-refractivity contribution >= 4 is 5.91 Å². The summed E-state index contributed by atoms with van der Waals surface area (Å²) in [5.74, 6) is 0.249. The van der Waals surface area contributed by atoms with Gasteiger partial charge < -0.3 is 4.90 Å². The average Bonchev–Trinajstić information content (AvgIpc) is 2.66. The molecule has 0 bridgehead atoms. The molecule has 1 saturated heterocycles. The van der Waals surface area contributed by atoms with E-state index in [1.165, 1.54) is 5.69 Å². The Balaban J connectivity index is 2.14. The number of hydrogen-bond donors (Lipinski definition) is 0. The molecule has 4 nitrogen and oxygen atoms in total. The van der Waals surface area contributed by atoms with Gasteiger partial charge in [0.25, 0.3) is 0 Å². The van der Waals surface area contributed by atoms with E-state index in [1.807, 2.05) is 32.6 Å². The van der Waals surface area contributed by atoms with Gasteiger partial charge in [0.05, 0.1) is 11.7 Å². The van der Waals surface area contributed by atoms with E-state index in [-0.39, 0.29) is 11.3 Å². The van der Waals surface area contributed by atoms with E-state index in [2.05, 4.69) is 22.8 Å². The first-order valence-corrected chi connectivity index (χ1v) is 7.11. The van der Waals surface area contributed by atoms with Crippen LogP contribution in [-0.4, -0.2) is 33.7 Å². The summed E-state index contributed by atoms with van der Waals surface area (Å²) in [5.41, 5.74) is 1.95. The molecule has 0 N–H and O–H groups in total. The number of hydrogen-bond acceptors (Lipinski definition) is 2. The lowest BCUT2D eigenvalue weighted by Gasteiger charge is -2.36. The molecule has 0 aliphatic carbocycles. The quantitative estimate of drug-likeness (QED) is 0.781. The Kier molecular flexibility index (Phi) is 3.70. The number of rotatable bonds is 1. The van der Waals surface area contributed by atoms with E-state index in [4.69, 9.17) is 0 Å². The molecule has 1 amide bonds. The monoisotopic (exact) mass is 263 g/mol. The minimum Gasteiger partial charge on any atom is -0.340 e. The summed E-state index contributed by atoms with van der Waals surface area (Å²) >= 11 is 0. The molecule has 1 aromatic heterocycles. The summed E-state index contributed by atoms with van der Waals surface area (Å²) in [5, 5.41) is 4.57. The molecule has 1 aliphatic rings. The van der Waals surface area contributed by atoms with E-state index in [0.717, 1.165) is 31.6 Å². The third-order valence-corrected chi connectivity index (χ3v) is 3.72. The second-order valence-corrected chi connectivity index (χ2v) is 6.67. The minimum absolute atomic E-state index is 0.249. The summed E-state index contributed by atoms with van der Waals surface area (Å²) < 4.78 is 2.09. The predicted octanol–water partition coefficient (Wildman–Crippen LogP) is 2.71. The van der Waals surface area contributed by atoms with Gasteiger partial charge in [0.2, 0.25) is 5.91 Å². The molecule has 19 heavy (non-hydrogen) atoms. The minimum atomic E-state index is -0.295. The van der Waals surface area contributed by atoms with Gasteiger partial charge in [-0.1, -0.05) is 20.8 Å². The highest BCUT2D eigenvalue weighted by Gasteiger charge is 2.32. The van der Waals surface area contributed by atoms with Crippen molar-refractivity contribution in [1.82, 2.24) is 14.7 Å². The highest BCUT2D eigenvalue weighted by molar-refractivity contribution is 5.81. The first kappa shape index (κ1) is 14.1. The standard InChI is InChI=1S/C15H25N3O/c1-11-9-12(2)18(16-11)13-7-6-8-17(10-13)14(19)15(3,4)5/h9,13H,6-8,10H2,1-5H3. The lowest BCUT2D eigenvalue weighted by molar-refractivity contribution is -0.141. The summed E-state index contributed by atoms with van der Waals surface area (Å²) in [6, 6.07) is 2.43. The zero-order valence-corrected chi connectivity index (χ0v) is 12.7. The van der Waals surface area contributed by atoms with Crippen LogP contribution in [0.3, 0.4) is 0 Å². The molecular weight excluding hydrogens is 238 g/mol. The second-order valence-electron chi connectivity index (χ2n) is 6.67. The molecule has 0 aromatic carbocycles. The molecule has 2 rings (SSSR count). The Morgan fingerprint density at radius 1 is 1.37 bits per heavy atom. The Hall–Kier alpha value is -1.32. The number of carbonyl (C=O) groups excluding carboxylic acids is 1. The third kappa shape index (κ3) is 2.99. The topological polar surface area (TPSA) is 38.1 Å². The van der Waals surface area contributed by atoms with Gasteiger partial charge in [-0.3, -0.25) is 9.48 Å². The molecule has 1 fully saturated rings. The molecular formula is C15H25N3O. The third-order valence-electron chi connectivity index (χ3n) is 3.72. The Morgan fingerprint density at radius 3 is 2.58 bits per heavy atom. The normalized spacial score (nSPS) is 20.7. The lowest BCUT2D eigenvalue weighted by atomic mass is 9.93. The highest BCUT2D eigenvalue weighted by atomic mass is 16.2. The average molecular weight is 263 g/mol. The predicted molar refractivity (Wildman–Crippen MR) is 76.0 cm³/mol. The van der Waals surface area contributed by atoms with Crippen molar-refractivity contribution in [3.05, 3.63) is 17.5 Å². The SMILES string of the molecule is Cc1cc(C)n(C2CCCN(C(=O)C(C)(C)C)C2)n1. The Bertz CT molecular complexity index is 470. The highest BCUT2D eigenvalue weighted by Crippen LogP contribution is 2.26. The van der Waals surface area contributed by atoms with E-state index >= 15 is 0 Å². The molecule has 1 unspecified atom stereocenters. The number of amides is 1. The van der Waals surface area contributed by atoms with Crippen LogP contribution in [0.1, 0.15) is 51.0 Å². The second kappa shape index (κ2) is 4.99. The smallest absolute Gasteiger partial charge is 0.228 e. The van der Waals surface area contributed by atoms with Crippen LogP contribution < -0.4 is 0 Å². The van der Waals surface area contributed by atoms with Crippen molar-refractivity contribution < 1.29 is 4.79 Å². The molecule has 0 radical (unpaired) electrons. The number of aromatic nitrogens is 2. The van der Waals surface area contributed by atoms with Crippen LogP contribution in [0.15, 0.2) is 6.07 Å². The zero-order valence-electron chi connectivity index (χ0n) is 12.7. The van der Waals surface area contributed by atoms with Gasteiger partial charge in [0.15, 0.2) is 0 Å². The van der Waals surface area contributed by atoms with Gasteiger partial charge in [0, 0.05) is 24.2 Å². The van der Waals surface area contributed by atoms with E-state index in [0.29, 0.717) is 6.04 Å². The van der Waals surface area contributed by atoms with Gasteiger partial charge in [-0.15, -0.1) is 0 Å². The zero-order chi connectivity index (χ0) is 14.2. The Labute approximate surface area is 115 Å². The van der Waals surface area contributed by atoms with Crippen molar-refractivity contribution in [2.24, 2.45) is 5.41 Å². The van der Waals surface area contributed by atoms with Crippen LogP contribution in [0.5, 0.6) is 0 Å². The molecule has 2 heterocycles. The molecule has 4 heteroatoms. The van der Waals surface area contributed by atoms with Crippen LogP contribution in [0.4, 0.5) is 0 Å². The van der Waals surface area contributed by atoms with Crippen molar-refractivity contribution in [2.75, 3.05) is 13.1 Å². The molecule has 106 valence electrons. The van der Waals surface area contributed by atoms with Gasteiger partial charge in [-0.05, 0) is 32.8 Å². The largest absolute Gasteiger partial charge is 0.340 e. The van der Waals surface area contributed by atoms with Crippen molar-refractivity contribution in [1.29, 1.82) is 0 Å². The van der Waals surface area contributed by atoms with Crippen LogP contribution in [-0.2, 0) is 4.79 Å². The number of piperidine rings is 1. The number of aryl methyl sites for hydroxylation is 2. The van der Waals surface area contributed by atoms with Crippen molar-refractivity contribution in [3.8, 4) is 0 Å². The fourth-order valence-corrected chi connectivity index (χ4v) is 2.83. The summed E-state index contributed by atoms with van der Waals surface area (Å²) in [7, 11) is 0. The number of nitrogens with zero attached hydrogens (tertiary/aromatic N) is 3. The maximum absolute atomic E-state index is 12.4. The number of likely N-dealkylation sites (tertiary alicyclic amines) is 1. The van der Waals surface area contributed by atoms with Crippen LogP contribution in [0.2, 0.25) is 0 Å². The molecule has 1 atom stereocenters. The van der Waals surface area contributed by atoms with Gasteiger partial charge in [-0.25, -0.2) is 0 Å². The van der Waals surface area contributed by atoms with E-state index in [9.17, 15) is 4.79 Å². The molecule has 1 aliphatic heterocycles. The van der Waals surface area contributed by atoms with Gasteiger partial charge in [0.1, 0.15) is 0 Å². The fraction of sp³-hybridized carbons (Fsp3) is 0.733. The summed E-state index contributed by atoms with van der Waals surface area (Å²) in [4.78, 5) is 14.4. The molecule has 1 aromatic rings.